The number of aromatic amines is 1. The zero-order chi connectivity index (χ0) is 17.9. The normalized spacial score (nSPS) is 16.2. The summed E-state index contributed by atoms with van der Waals surface area (Å²) in [6.07, 6.45) is 4.41. The van der Waals surface area contributed by atoms with Crippen LogP contribution in [0.5, 0.6) is 6.01 Å². The number of likely N-dealkylation sites (tertiary alicyclic amines) is 1. The number of rotatable bonds is 4. The monoisotopic (exact) mass is 346 g/mol. The molecule has 0 spiro atoms. The molecule has 1 saturated heterocycles. The van der Waals surface area contributed by atoms with Gasteiger partial charge in [-0.2, -0.15) is 4.98 Å². The molecule has 7 nitrogen and oxygen atoms in total. The summed E-state index contributed by atoms with van der Waals surface area (Å²) in [7, 11) is 0. The number of imidazole rings is 1. The molecule has 0 radical (unpaired) electrons. The van der Waals surface area contributed by atoms with Crippen LogP contribution in [-0.2, 0) is 4.74 Å². The number of pyridine rings is 1. The standard InChI is InChI=1S/C18H26N4O3/c1-18(2,3)25-17(23)22-10-6-13(7-11-22)8-12-24-16-20-14-5-4-9-19-15(14)21-16/h4-5,9,13H,6-8,10-12H2,1-3H3,(H,19,20,21). The third-order valence-electron chi connectivity index (χ3n) is 4.27. The highest BCUT2D eigenvalue weighted by atomic mass is 16.6. The predicted molar refractivity (Wildman–Crippen MR) is 94.5 cm³/mol. The van der Waals surface area contributed by atoms with Crippen LogP contribution in [0.15, 0.2) is 18.3 Å². The van der Waals surface area contributed by atoms with E-state index in [1.54, 1.807) is 11.1 Å². The third kappa shape index (κ3) is 4.84. The van der Waals surface area contributed by atoms with Crippen molar-refractivity contribution in [2.45, 2.75) is 45.6 Å². The van der Waals surface area contributed by atoms with Crippen LogP contribution in [-0.4, -0.2) is 51.2 Å². The quantitative estimate of drug-likeness (QED) is 0.918. The van der Waals surface area contributed by atoms with Crippen molar-refractivity contribution >= 4 is 17.3 Å². The van der Waals surface area contributed by atoms with Crippen LogP contribution in [0.2, 0.25) is 0 Å². The molecule has 0 bridgehead atoms. The third-order valence-corrected chi connectivity index (χ3v) is 4.27. The molecule has 0 aromatic carbocycles. The van der Waals surface area contributed by atoms with E-state index in [0.717, 1.165) is 37.9 Å². The fourth-order valence-electron chi connectivity index (χ4n) is 2.94. The number of amides is 1. The molecule has 1 aliphatic rings. The van der Waals surface area contributed by atoms with E-state index in [9.17, 15) is 4.79 Å². The van der Waals surface area contributed by atoms with Crippen LogP contribution in [0, 0.1) is 5.92 Å². The van der Waals surface area contributed by atoms with Gasteiger partial charge in [-0.1, -0.05) is 0 Å². The molecule has 136 valence electrons. The van der Waals surface area contributed by atoms with E-state index in [4.69, 9.17) is 9.47 Å². The number of H-pyrrole nitrogens is 1. The van der Waals surface area contributed by atoms with E-state index >= 15 is 0 Å². The molecular formula is C18H26N4O3. The minimum atomic E-state index is -0.441. The lowest BCUT2D eigenvalue weighted by atomic mass is 9.94. The van der Waals surface area contributed by atoms with Gasteiger partial charge in [-0.25, -0.2) is 9.78 Å². The average molecular weight is 346 g/mol. The van der Waals surface area contributed by atoms with Crippen LogP contribution in [0.3, 0.4) is 0 Å². The number of fused-ring (bicyclic) bond motifs is 1. The van der Waals surface area contributed by atoms with E-state index in [-0.39, 0.29) is 6.09 Å². The molecule has 1 N–H and O–H groups in total. The minimum absolute atomic E-state index is 0.211. The molecule has 2 aromatic rings. The second kappa shape index (κ2) is 7.29. The Bertz CT molecular complexity index is 681. The Labute approximate surface area is 147 Å². The van der Waals surface area contributed by atoms with Gasteiger partial charge in [0.1, 0.15) is 5.60 Å². The fraction of sp³-hybridized carbons (Fsp3) is 0.611. The number of hydrogen-bond acceptors (Lipinski definition) is 5. The first-order valence-corrected chi connectivity index (χ1v) is 8.82. The first kappa shape index (κ1) is 17.5. The number of piperidine rings is 1. The van der Waals surface area contributed by atoms with Gasteiger partial charge in [0.05, 0.1) is 12.1 Å². The second-order valence-electron chi connectivity index (χ2n) is 7.46. The van der Waals surface area contributed by atoms with Crippen molar-refractivity contribution in [1.82, 2.24) is 19.9 Å². The average Bonchev–Trinajstić information content (AvgIpc) is 2.96. The number of nitrogens with zero attached hydrogens (tertiary/aromatic N) is 3. The molecule has 0 atom stereocenters. The fourth-order valence-corrected chi connectivity index (χ4v) is 2.94. The van der Waals surface area contributed by atoms with Crippen LogP contribution in [0.1, 0.15) is 40.0 Å². The lowest BCUT2D eigenvalue weighted by Crippen LogP contribution is -2.41. The highest BCUT2D eigenvalue weighted by Gasteiger charge is 2.26. The molecule has 7 heteroatoms. The van der Waals surface area contributed by atoms with Gasteiger partial charge in [0.2, 0.25) is 0 Å². The van der Waals surface area contributed by atoms with Crippen LogP contribution in [0.25, 0.3) is 11.2 Å². The smallest absolute Gasteiger partial charge is 0.410 e. The summed E-state index contributed by atoms with van der Waals surface area (Å²) in [5, 5.41) is 0. The maximum absolute atomic E-state index is 12.1. The number of nitrogens with one attached hydrogen (secondary N) is 1. The number of carbonyl (C=O) groups is 1. The molecule has 0 unspecified atom stereocenters. The van der Waals surface area contributed by atoms with E-state index in [0.29, 0.717) is 24.2 Å². The van der Waals surface area contributed by atoms with Gasteiger partial charge in [-0.05, 0) is 58.1 Å². The zero-order valence-corrected chi connectivity index (χ0v) is 15.1. The number of carbonyl (C=O) groups excluding carboxylic acids is 1. The Hall–Kier alpha value is -2.31. The molecule has 0 saturated carbocycles. The molecule has 25 heavy (non-hydrogen) atoms. The lowest BCUT2D eigenvalue weighted by Gasteiger charge is -2.33. The van der Waals surface area contributed by atoms with E-state index in [2.05, 4.69) is 15.0 Å². The van der Waals surface area contributed by atoms with Gasteiger partial charge in [-0.3, -0.25) is 0 Å². The van der Waals surface area contributed by atoms with Crippen molar-refractivity contribution < 1.29 is 14.3 Å². The Morgan fingerprint density at radius 1 is 1.36 bits per heavy atom. The summed E-state index contributed by atoms with van der Waals surface area (Å²) < 4.78 is 11.1. The van der Waals surface area contributed by atoms with E-state index in [1.165, 1.54) is 0 Å². The van der Waals surface area contributed by atoms with Crippen LogP contribution >= 0.6 is 0 Å². The van der Waals surface area contributed by atoms with Crippen molar-refractivity contribution in [3.63, 3.8) is 0 Å². The molecule has 2 aromatic heterocycles. The molecule has 0 aliphatic carbocycles. The molecule has 3 heterocycles. The Kier molecular flexibility index (Phi) is 5.11. The predicted octanol–water partition coefficient (Wildman–Crippen LogP) is 3.37. The van der Waals surface area contributed by atoms with Gasteiger partial charge >= 0.3 is 6.09 Å². The summed E-state index contributed by atoms with van der Waals surface area (Å²) in [6, 6.07) is 4.30. The van der Waals surface area contributed by atoms with Crippen molar-refractivity contribution in [3.05, 3.63) is 18.3 Å². The number of hydrogen-bond donors (Lipinski definition) is 1. The largest absolute Gasteiger partial charge is 0.465 e. The van der Waals surface area contributed by atoms with Gasteiger partial charge in [0.25, 0.3) is 6.01 Å². The summed E-state index contributed by atoms with van der Waals surface area (Å²) >= 11 is 0. The van der Waals surface area contributed by atoms with Gasteiger partial charge in [-0.15, -0.1) is 0 Å². The molecule has 1 amide bonds. The molecule has 1 fully saturated rings. The zero-order valence-electron chi connectivity index (χ0n) is 15.1. The van der Waals surface area contributed by atoms with Crippen molar-refractivity contribution in [2.24, 2.45) is 5.92 Å². The highest BCUT2D eigenvalue weighted by Crippen LogP contribution is 2.22. The number of aromatic nitrogens is 3. The second-order valence-corrected chi connectivity index (χ2v) is 7.46. The van der Waals surface area contributed by atoms with Crippen molar-refractivity contribution in [3.8, 4) is 6.01 Å². The van der Waals surface area contributed by atoms with Crippen LogP contribution in [0.4, 0.5) is 4.79 Å². The summed E-state index contributed by atoms with van der Waals surface area (Å²) in [5.74, 6) is 0.557. The molecular weight excluding hydrogens is 320 g/mol. The van der Waals surface area contributed by atoms with Gasteiger partial charge in [0.15, 0.2) is 5.65 Å². The van der Waals surface area contributed by atoms with Crippen molar-refractivity contribution in [1.29, 1.82) is 0 Å². The molecule has 1 aliphatic heterocycles. The molecule has 3 rings (SSSR count). The van der Waals surface area contributed by atoms with Gasteiger partial charge in [0, 0.05) is 19.3 Å². The Morgan fingerprint density at radius 2 is 2.12 bits per heavy atom. The van der Waals surface area contributed by atoms with E-state index < -0.39 is 5.60 Å². The summed E-state index contributed by atoms with van der Waals surface area (Å²) in [5.41, 5.74) is 1.11. The maximum Gasteiger partial charge on any atom is 0.410 e. The topological polar surface area (TPSA) is 80.3 Å². The summed E-state index contributed by atoms with van der Waals surface area (Å²) in [4.78, 5) is 25.5. The Balaban J connectivity index is 1.40. The lowest BCUT2D eigenvalue weighted by molar-refractivity contribution is 0.0177. The van der Waals surface area contributed by atoms with E-state index in [1.807, 2.05) is 32.9 Å². The summed E-state index contributed by atoms with van der Waals surface area (Å²) in [6.45, 7) is 7.77. The SMILES string of the molecule is CC(C)(C)OC(=O)N1CCC(CCOc2nc3ncccc3[nH]2)CC1. The first-order valence-electron chi connectivity index (χ1n) is 8.82. The highest BCUT2D eigenvalue weighted by molar-refractivity contribution is 5.70. The van der Waals surface area contributed by atoms with Gasteiger partial charge < -0.3 is 19.4 Å². The van der Waals surface area contributed by atoms with Crippen molar-refractivity contribution in [2.75, 3.05) is 19.7 Å². The van der Waals surface area contributed by atoms with Crippen LogP contribution < -0.4 is 4.74 Å². The first-order chi connectivity index (χ1) is 11.9. The maximum atomic E-state index is 12.1. The Morgan fingerprint density at radius 3 is 2.80 bits per heavy atom. The minimum Gasteiger partial charge on any atom is -0.465 e. The number of ether oxygens (including phenoxy) is 2.